The minimum atomic E-state index is -0.344. The largest absolute Gasteiger partial charge is 0.472 e. The normalized spacial score (nSPS) is 15.8. The topological polar surface area (TPSA) is 45.3 Å². The van der Waals surface area contributed by atoms with Crippen LogP contribution in [0.2, 0.25) is 0 Å². The van der Waals surface area contributed by atoms with Gasteiger partial charge in [0.15, 0.2) is 0 Å². The van der Waals surface area contributed by atoms with E-state index >= 15 is 0 Å². The van der Waals surface area contributed by atoms with Gasteiger partial charge >= 0.3 is 0 Å². The Balaban J connectivity index is 1.66. The lowest BCUT2D eigenvalue weighted by molar-refractivity contribution is 0.196. The first kappa shape index (κ1) is 16.8. The molecule has 0 bridgehead atoms. The zero-order valence-electron chi connectivity index (χ0n) is 14.8. The van der Waals surface area contributed by atoms with Crippen molar-refractivity contribution in [2.75, 3.05) is 16.0 Å². The first-order chi connectivity index (χ1) is 13.4. The van der Waals surface area contributed by atoms with Crippen molar-refractivity contribution < 1.29 is 4.74 Å². The molecule has 4 heteroatoms. The van der Waals surface area contributed by atoms with Crippen molar-refractivity contribution in [2.45, 2.75) is 6.23 Å². The Morgan fingerprint density at radius 3 is 1.70 bits per heavy atom. The van der Waals surface area contributed by atoms with Crippen molar-refractivity contribution in [1.82, 2.24) is 0 Å². The number of hydrogen-bond donors (Lipinski definition) is 3. The van der Waals surface area contributed by atoms with E-state index in [1.807, 2.05) is 97.1 Å². The highest BCUT2D eigenvalue weighted by molar-refractivity contribution is 5.59. The number of anilines is 3. The Labute approximate surface area is 159 Å². The van der Waals surface area contributed by atoms with E-state index in [-0.39, 0.29) is 6.23 Å². The van der Waals surface area contributed by atoms with Crippen LogP contribution in [0.4, 0.5) is 17.1 Å². The average molecular weight is 355 g/mol. The van der Waals surface area contributed by atoms with Gasteiger partial charge in [0.2, 0.25) is 6.23 Å². The second kappa shape index (κ2) is 8.15. The van der Waals surface area contributed by atoms with Gasteiger partial charge in [-0.05, 0) is 42.5 Å². The Hall–Kier alpha value is -3.66. The summed E-state index contributed by atoms with van der Waals surface area (Å²) < 4.78 is 5.88. The summed E-state index contributed by atoms with van der Waals surface area (Å²) >= 11 is 0. The molecule has 0 aromatic heterocycles. The van der Waals surface area contributed by atoms with E-state index < -0.39 is 0 Å². The highest BCUT2D eigenvalue weighted by Crippen LogP contribution is 2.25. The van der Waals surface area contributed by atoms with Crippen LogP contribution in [0.5, 0.6) is 0 Å². The quantitative estimate of drug-likeness (QED) is 0.554. The van der Waals surface area contributed by atoms with Crippen molar-refractivity contribution in [2.24, 2.45) is 0 Å². The zero-order valence-corrected chi connectivity index (χ0v) is 14.8. The molecule has 4 nitrogen and oxygen atoms in total. The predicted octanol–water partition coefficient (Wildman–Crippen LogP) is 5.40. The lowest BCUT2D eigenvalue weighted by atomic mass is 10.2. The maximum Gasteiger partial charge on any atom is 0.212 e. The smallest absolute Gasteiger partial charge is 0.212 e. The molecule has 1 heterocycles. The van der Waals surface area contributed by atoms with E-state index in [0.29, 0.717) is 0 Å². The Kier molecular flexibility index (Phi) is 5.07. The number of nitrogens with one attached hydrogen (secondary N) is 3. The van der Waals surface area contributed by atoms with Crippen LogP contribution in [-0.4, -0.2) is 6.23 Å². The van der Waals surface area contributed by atoms with E-state index in [0.717, 1.165) is 28.5 Å². The van der Waals surface area contributed by atoms with Crippen LogP contribution in [0, 0.1) is 0 Å². The molecular formula is C23H21N3O. The fraction of sp³-hybridized carbons (Fsp3) is 0.0435. The predicted molar refractivity (Wildman–Crippen MR) is 111 cm³/mol. The van der Waals surface area contributed by atoms with Crippen LogP contribution in [0.3, 0.4) is 0 Å². The fourth-order valence-corrected chi connectivity index (χ4v) is 2.87. The molecule has 134 valence electrons. The molecule has 0 aliphatic carbocycles. The standard InChI is InChI=1S/C23H21N3O/c1-4-10-18(11-5-1)24-21-16-17-27-23(26-20-14-8-3-9-15-20)22(21)25-19-12-6-2-7-13-19/h1-17,23-26H. The molecule has 0 spiro atoms. The van der Waals surface area contributed by atoms with E-state index in [1.54, 1.807) is 6.26 Å². The fourth-order valence-electron chi connectivity index (χ4n) is 2.87. The second-order valence-electron chi connectivity index (χ2n) is 6.14. The molecule has 1 unspecified atom stereocenters. The monoisotopic (exact) mass is 355 g/mol. The molecule has 1 aliphatic heterocycles. The molecule has 3 N–H and O–H groups in total. The van der Waals surface area contributed by atoms with Crippen molar-refractivity contribution in [3.63, 3.8) is 0 Å². The zero-order chi connectivity index (χ0) is 18.3. The first-order valence-electron chi connectivity index (χ1n) is 8.90. The number of ether oxygens (including phenoxy) is 1. The highest BCUT2D eigenvalue weighted by Gasteiger charge is 2.22. The number of para-hydroxylation sites is 3. The molecule has 0 fully saturated rings. The third kappa shape index (κ3) is 4.30. The van der Waals surface area contributed by atoms with Crippen molar-refractivity contribution in [3.05, 3.63) is 115 Å². The van der Waals surface area contributed by atoms with E-state index in [2.05, 4.69) is 16.0 Å². The summed E-state index contributed by atoms with van der Waals surface area (Å²) in [6.07, 6.45) is 3.30. The van der Waals surface area contributed by atoms with Crippen LogP contribution in [0.25, 0.3) is 0 Å². The summed E-state index contributed by atoms with van der Waals surface area (Å²) in [6.45, 7) is 0. The van der Waals surface area contributed by atoms with Gasteiger partial charge in [0.1, 0.15) is 5.70 Å². The minimum absolute atomic E-state index is 0.344. The summed E-state index contributed by atoms with van der Waals surface area (Å²) in [5, 5.41) is 10.4. The Bertz CT molecular complexity index is 922. The van der Waals surface area contributed by atoms with Gasteiger partial charge in [-0.1, -0.05) is 54.6 Å². The molecule has 1 atom stereocenters. The number of hydrogen-bond acceptors (Lipinski definition) is 4. The molecule has 0 amide bonds. The molecule has 0 saturated heterocycles. The van der Waals surface area contributed by atoms with Crippen LogP contribution in [-0.2, 0) is 4.74 Å². The summed E-state index contributed by atoms with van der Waals surface area (Å²) in [6, 6.07) is 30.2. The van der Waals surface area contributed by atoms with E-state index in [4.69, 9.17) is 4.74 Å². The first-order valence-corrected chi connectivity index (χ1v) is 8.90. The van der Waals surface area contributed by atoms with Crippen molar-refractivity contribution >= 4 is 17.1 Å². The van der Waals surface area contributed by atoms with Crippen LogP contribution < -0.4 is 16.0 Å². The van der Waals surface area contributed by atoms with Gasteiger partial charge in [-0.15, -0.1) is 0 Å². The lowest BCUT2D eigenvalue weighted by Gasteiger charge is -2.28. The molecule has 0 radical (unpaired) electrons. The molecule has 1 aliphatic rings. The third-order valence-corrected chi connectivity index (χ3v) is 4.18. The van der Waals surface area contributed by atoms with Gasteiger partial charge in [-0.2, -0.15) is 0 Å². The van der Waals surface area contributed by atoms with Crippen LogP contribution >= 0.6 is 0 Å². The molecule has 3 aromatic rings. The van der Waals surface area contributed by atoms with Gasteiger partial charge in [-0.3, -0.25) is 0 Å². The summed E-state index contributed by atoms with van der Waals surface area (Å²) in [7, 11) is 0. The Morgan fingerprint density at radius 1 is 0.593 bits per heavy atom. The van der Waals surface area contributed by atoms with E-state index in [9.17, 15) is 0 Å². The Morgan fingerprint density at radius 2 is 1.11 bits per heavy atom. The second-order valence-corrected chi connectivity index (χ2v) is 6.14. The summed E-state index contributed by atoms with van der Waals surface area (Å²) in [5.41, 5.74) is 4.87. The minimum Gasteiger partial charge on any atom is -0.472 e. The van der Waals surface area contributed by atoms with Gasteiger partial charge in [0, 0.05) is 17.1 Å². The maximum atomic E-state index is 5.88. The molecule has 27 heavy (non-hydrogen) atoms. The maximum absolute atomic E-state index is 5.88. The molecular weight excluding hydrogens is 334 g/mol. The van der Waals surface area contributed by atoms with Gasteiger partial charge < -0.3 is 20.7 Å². The SMILES string of the molecule is C1=CC(Nc2ccccc2)=C(Nc2ccccc2)C(Nc2ccccc2)O1. The van der Waals surface area contributed by atoms with Crippen LogP contribution in [0.15, 0.2) is 115 Å². The van der Waals surface area contributed by atoms with E-state index in [1.165, 1.54) is 0 Å². The van der Waals surface area contributed by atoms with Crippen LogP contribution in [0.1, 0.15) is 0 Å². The number of allylic oxidation sites excluding steroid dienone is 1. The van der Waals surface area contributed by atoms with Gasteiger partial charge in [-0.25, -0.2) is 0 Å². The summed E-state index contributed by atoms with van der Waals surface area (Å²) in [5.74, 6) is 0. The van der Waals surface area contributed by atoms with Gasteiger partial charge in [0.05, 0.1) is 12.0 Å². The van der Waals surface area contributed by atoms with Gasteiger partial charge in [0.25, 0.3) is 0 Å². The summed E-state index contributed by atoms with van der Waals surface area (Å²) in [4.78, 5) is 0. The average Bonchev–Trinajstić information content (AvgIpc) is 2.73. The number of rotatable bonds is 6. The highest BCUT2D eigenvalue weighted by atomic mass is 16.5. The molecule has 4 rings (SSSR count). The van der Waals surface area contributed by atoms with Crippen molar-refractivity contribution in [1.29, 1.82) is 0 Å². The molecule has 3 aromatic carbocycles. The lowest BCUT2D eigenvalue weighted by Crippen LogP contribution is -2.32. The molecule has 0 saturated carbocycles. The van der Waals surface area contributed by atoms with Crippen molar-refractivity contribution in [3.8, 4) is 0 Å². The third-order valence-electron chi connectivity index (χ3n) is 4.18. The number of benzene rings is 3.